The van der Waals surface area contributed by atoms with Crippen LogP contribution in [0.1, 0.15) is 31.7 Å². The molecule has 34 heavy (non-hydrogen) atoms. The normalized spacial score (nSPS) is 24.5. The first-order valence-electron chi connectivity index (χ1n) is 10.1. The average Bonchev–Trinajstić information content (AvgIpc) is 3.34. The van der Waals surface area contributed by atoms with Gasteiger partial charge in [-0.2, -0.15) is 13.2 Å². The number of halogens is 5. The lowest BCUT2D eigenvalue weighted by Crippen LogP contribution is -2.58. The van der Waals surface area contributed by atoms with Gasteiger partial charge >= 0.3 is 11.8 Å². The molecule has 0 bridgehead atoms. The topological polar surface area (TPSA) is 114 Å². The van der Waals surface area contributed by atoms with Gasteiger partial charge in [0.2, 0.25) is 15.9 Å². The Labute approximate surface area is 191 Å². The summed E-state index contributed by atoms with van der Waals surface area (Å²) in [6.45, 7) is 1.60. The molecule has 0 saturated carbocycles. The standard InChI is InChI=1S/C20H20F5N3O5S/c1-2-5-34(31,32)28-17(29)11-3-4-15(8-11)26-18(30)19(20(23,24)25)10-16(27-33-19)12-6-13(21)9-14(22)7-12/h3-4,6-7,9,11,15H,2,5,8,10H2,1H3,(H,26,30)(H,28,29)/t11-,15+,19?/m1/s1. The van der Waals surface area contributed by atoms with E-state index in [1.807, 2.05) is 4.72 Å². The second-order valence-electron chi connectivity index (χ2n) is 7.88. The largest absolute Gasteiger partial charge is 0.440 e. The summed E-state index contributed by atoms with van der Waals surface area (Å²) in [5.74, 6) is -5.86. The van der Waals surface area contributed by atoms with Crippen molar-refractivity contribution in [3.05, 3.63) is 47.5 Å². The molecule has 0 saturated heterocycles. The van der Waals surface area contributed by atoms with Gasteiger partial charge in [-0.15, -0.1) is 0 Å². The second-order valence-corrected chi connectivity index (χ2v) is 9.72. The third-order valence-corrected chi connectivity index (χ3v) is 6.67. The number of carbonyl (C=O) groups is 2. The zero-order valence-electron chi connectivity index (χ0n) is 17.7. The number of nitrogens with one attached hydrogen (secondary N) is 2. The zero-order valence-corrected chi connectivity index (χ0v) is 18.5. The minimum atomic E-state index is -5.25. The third kappa shape index (κ3) is 5.37. The number of rotatable bonds is 7. The van der Waals surface area contributed by atoms with Crippen LogP contribution in [0.5, 0.6) is 0 Å². The van der Waals surface area contributed by atoms with Crippen LogP contribution in [0.2, 0.25) is 0 Å². The fourth-order valence-electron chi connectivity index (χ4n) is 3.55. The van der Waals surface area contributed by atoms with Crippen molar-refractivity contribution < 1.29 is 44.8 Å². The number of alkyl halides is 3. The lowest BCUT2D eigenvalue weighted by Gasteiger charge is -2.29. The van der Waals surface area contributed by atoms with E-state index in [0.29, 0.717) is 6.07 Å². The van der Waals surface area contributed by atoms with Gasteiger partial charge in [0.15, 0.2) is 0 Å². The summed E-state index contributed by atoms with van der Waals surface area (Å²) in [6, 6.07) is 1.00. The highest BCUT2D eigenvalue weighted by molar-refractivity contribution is 7.90. The highest BCUT2D eigenvalue weighted by Crippen LogP contribution is 2.42. The molecule has 1 aliphatic carbocycles. The number of hydrogen-bond acceptors (Lipinski definition) is 6. The quantitative estimate of drug-likeness (QED) is 0.433. The number of benzene rings is 1. The van der Waals surface area contributed by atoms with Crippen molar-refractivity contribution in [1.82, 2.24) is 10.0 Å². The first-order chi connectivity index (χ1) is 15.8. The van der Waals surface area contributed by atoms with Gasteiger partial charge in [-0.05, 0) is 25.0 Å². The maximum absolute atomic E-state index is 13.9. The molecule has 186 valence electrons. The van der Waals surface area contributed by atoms with E-state index >= 15 is 0 Å². The highest BCUT2D eigenvalue weighted by atomic mass is 32.2. The average molecular weight is 509 g/mol. The van der Waals surface area contributed by atoms with Gasteiger partial charge in [0, 0.05) is 17.7 Å². The van der Waals surface area contributed by atoms with Crippen LogP contribution in [-0.2, 0) is 24.4 Å². The molecular formula is C20H20F5N3O5S. The molecule has 2 N–H and O–H groups in total. The molecule has 14 heteroatoms. The van der Waals surface area contributed by atoms with Crippen LogP contribution < -0.4 is 10.0 Å². The second kappa shape index (κ2) is 9.31. The molecule has 2 aliphatic rings. The summed E-state index contributed by atoms with van der Waals surface area (Å²) >= 11 is 0. The first kappa shape index (κ1) is 25.6. The molecule has 3 atom stereocenters. The number of carbonyl (C=O) groups excluding carboxylic acids is 2. The molecule has 1 unspecified atom stereocenters. The van der Waals surface area contributed by atoms with Crippen LogP contribution in [0.15, 0.2) is 35.5 Å². The molecule has 3 rings (SSSR count). The number of sulfonamides is 1. The van der Waals surface area contributed by atoms with E-state index in [9.17, 15) is 40.0 Å². The van der Waals surface area contributed by atoms with Crippen LogP contribution in [0.25, 0.3) is 0 Å². The Morgan fingerprint density at radius 3 is 2.41 bits per heavy atom. The highest BCUT2D eigenvalue weighted by Gasteiger charge is 2.66. The monoisotopic (exact) mass is 509 g/mol. The minimum absolute atomic E-state index is 0.185. The molecule has 1 aromatic rings. The molecule has 0 spiro atoms. The Morgan fingerprint density at radius 2 is 1.82 bits per heavy atom. The van der Waals surface area contributed by atoms with Crippen molar-refractivity contribution in [1.29, 1.82) is 0 Å². The number of oxime groups is 1. The summed E-state index contributed by atoms with van der Waals surface area (Å²) in [4.78, 5) is 29.3. The Kier molecular flexibility index (Phi) is 7.01. The van der Waals surface area contributed by atoms with Crippen molar-refractivity contribution >= 4 is 27.5 Å². The van der Waals surface area contributed by atoms with E-state index in [4.69, 9.17) is 0 Å². The van der Waals surface area contributed by atoms with E-state index in [2.05, 4.69) is 15.3 Å². The first-order valence-corrected chi connectivity index (χ1v) is 11.7. The SMILES string of the molecule is CCCS(=O)(=O)NC(=O)[C@@H]1C=C[C@H](NC(=O)C2(C(F)(F)F)CC(c3cc(F)cc(F)c3)=NO2)C1. The van der Waals surface area contributed by atoms with Crippen molar-refractivity contribution in [2.45, 2.75) is 44.0 Å². The molecule has 0 fully saturated rings. The maximum Gasteiger partial charge on any atom is 0.440 e. The molecule has 0 radical (unpaired) electrons. The predicted molar refractivity (Wildman–Crippen MR) is 109 cm³/mol. The third-order valence-electron chi connectivity index (χ3n) is 5.21. The van der Waals surface area contributed by atoms with Crippen molar-refractivity contribution in [3.63, 3.8) is 0 Å². The summed E-state index contributed by atoms with van der Waals surface area (Å²) < 4.78 is 94.0. The van der Waals surface area contributed by atoms with E-state index in [1.165, 1.54) is 12.2 Å². The van der Waals surface area contributed by atoms with Gasteiger partial charge < -0.3 is 10.2 Å². The Morgan fingerprint density at radius 1 is 1.18 bits per heavy atom. The van der Waals surface area contributed by atoms with Gasteiger partial charge in [0.1, 0.15) is 11.6 Å². The Hall–Kier alpha value is -3.03. The molecular weight excluding hydrogens is 489 g/mol. The van der Waals surface area contributed by atoms with Gasteiger partial charge in [-0.3, -0.25) is 14.3 Å². The van der Waals surface area contributed by atoms with Crippen LogP contribution >= 0.6 is 0 Å². The summed E-state index contributed by atoms with van der Waals surface area (Å²) in [6.07, 6.45) is -3.77. The molecule has 2 amide bonds. The van der Waals surface area contributed by atoms with Crippen LogP contribution in [-0.4, -0.2) is 49.5 Å². The van der Waals surface area contributed by atoms with Gasteiger partial charge in [-0.25, -0.2) is 17.2 Å². The van der Waals surface area contributed by atoms with Gasteiger partial charge in [-0.1, -0.05) is 24.2 Å². The van der Waals surface area contributed by atoms with E-state index < -0.39 is 69.3 Å². The fraction of sp³-hybridized carbons (Fsp3) is 0.450. The molecule has 1 aliphatic heterocycles. The molecule has 1 heterocycles. The number of amides is 2. The summed E-state index contributed by atoms with van der Waals surface area (Å²) in [5.41, 5.74) is -4.25. The van der Waals surface area contributed by atoms with Gasteiger partial charge in [0.05, 0.1) is 23.8 Å². The fourth-order valence-corrected chi connectivity index (χ4v) is 4.64. The van der Waals surface area contributed by atoms with Crippen LogP contribution in [0.3, 0.4) is 0 Å². The summed E-state index contributed by atoms with van der Waals surface area (Å²) in [7, 11) is -3.85. The number of nitrogens with zero attached hydrogens (tertiary/aromatic N) is 1. The van der Waals surface area contributed by atoms with E-state index in [-0.39, 0.29) is 24.2 Å². The number of hydrogen-bond donors (Lipinski definition) is 2. The van der Waals surface area contributed by atoms with Gasteiger partial charge in [0.25, 0.3) is 5.91 Å². The van der Waals surface area contributed by atoms with Crippen LogP contribution in [0.4, 0.5) is 22.0 Å². The van der Waals surface area contributed by atoms with Crippen molar-refractivity contribution in [3.8, 4) is 0 Å². The lowest BCUT2D eigenvalue weighted by atomic mass is 9.92. The predicted octanol–water partition coefficient (Wildman–Crippen LogP) is 2.31. The van der Waals surface area contributed by atoms with Crippen molar-refractivity contribution in [2.24, 2.45) is 11.1 Å². The Bertz CT molecular complexity index is 1130. The molecule has 0 aromatic heterocycles. The zero-order chi connectivity index (χ0) is 25.3. The Balaban J connectivity index is 1.70. The minimum Gasteiger partial charge on any atom is -0.369 e. The maximum atomic E-state index is 13.9. The van der Waals surface area contributed by atoms with Crippen molar-refractivity contribution in [2.75, 3.05) is 5.75 Å². The van der Waals surface area contributed by atoms with E-state index in [1.54, 1.807) is 6.92 Å². The molecule has 8 nitrogen and oxygen atoms in total. The molecule has 1 aromatic carbocycles. The summed E-state index contributed by atoms with van der Waals surface area (Å²) in [5, 5.41) is 5.37. The lowest BCUT2D eigenvalue weighted by molar-refractivity contribution is -0.259. The van der Waals surface area contributed by atoms with Crippen LogP contribution in [0, 0.1) is 17.6 Å². The smallest absolute Gasteiger partial charge is 0.369 e. The van der Waals surface area contributed by atoms with E-state index in [0.717, 1.165) is 12.1 Å².